The molecular weight excluding hydrogens is 288 g/mol. The Morgan fingerprint density at radius 2 is 1.89 bits per heavy atom. The maximum atomic E-state index is 11.8. The van der Waals surface area contributed by atoms with Gasteiger partial charge in [-0.2, -0.15) is 0 Å². The molecule has 1 atom stereocenters. The van der Waals surface area contributed by atoms with Crippen molar-refractivity contribution in [1.82, 2.24) is 0 Å². The van der Waals surface area contributed by atoms with E-state index in [0.717, 1.165) is 12.8 Å². The van der Waals surface area contributed by atoms with E-state index in [1.165, 1.54) is 16.3 Å². The number of carbonyl (C=O) groups is 1. The minimum Gasteiger partial charge on any atom is -0.298 e. The van der Waals surface area contributed by atoms with Crippen LogP contribution in [0.25, 0.3) is 10.8 Å². The fourth-order valence-electron chi connectivity index (χ4n) is 2.09. The highest BCUT2D eigenvalue weighted by molar-refractivity contribution is 9.10. The molecule has 2 aromatic carbocycles. The Kier molecular flexibility index (Phi) is 4.54. The lowest BCUT2D eigenvalue weighted by Crippen LogP contribution is -2.16. The van der Waals surface area contributed by atoms with Gasteiger partial charge in [-0.3, -0.25) is 4.79 Å². The summed E-state index contributed by atoms with van der Waals surface area (Å²) in [7, 11) is 0. The van der Waals surface area contributed by atoms with Crippen molar-refractivity contribution in [2.24, 2.45) is 0 Å². The van der Waals surface area contributed by atoms with E-state index >= 15 is 0 Å². The monoisotopic (exact) mass is 304 g/mol. The smallest absolute Gasteiger partial charge is 0.146 e. The topological polar surface area (TPSA) is 17.1 Å². The zero-order valence-electron chi connectivity index (χ0n) is 10.5. The van der Waals surface area contributed by atoms with Gasteiger partial charge >= 0.3 is 0 Å². The molecule has 0 aliphatic rings. The minimum atomic E-state index is -0.0568. The van der Waals surface area contributed by atoms with Gasteiger partial charge < -0.3 is 0 Å². The molecule has 0 amide bonds. The molecule has 1 unspecified atom stereocenters. The summed E-state index contributed by atoms with van der Waals surface area (Å²) >= 11 is 3.50. The molecule has 0 fully saturated rings. The Hall–Kier alpha value is -1.15. The van der Waals surface area contributed by atoms with Crippen LogP contribution in [0.5, 0.6) is 0 Å². The zero-order chi connectivity index (χ0) is 13.0. The molecule has 0 saturated heterocycles. The molecule has 0 aromatic heterocycles. The summed E-state index contributed by atoms with van der Waals surface area (Å²) in [5.41, 5.74) is 1.21. The number of hydrogen-bond acceptors (Lipinski definition) is 1. The first-order chi connectivity index (χ1) is 8.70. The van der Waals surface area contributed by atoms with Gasteiger partial charge in [-0.15, -0.1) is 0 Å². The van der Waals surface area contributed by atoms with Gasteiger partial charge in [0.15, 0.2) is 0 Å². The quantitative estimate of drug-likeness (QED) is 0.743. The molecule has 94 valence electrons. The summed E-state index contributed by atoms with van der Waals surface area (Å²) in [5, 5.41) is 2.48. The largest absolute Gasteiger partial charge is 0.298 e. The van der Waals surface area contributed by atoms with E-state index in [4.69, 9.17) is 0 Å². The molecule has 1 nitrogen and oxygen atoms in total. The van der Waals surface area contributed by atoms with Gasteiger partial charge in [0.25, 0.3) is 0 Å². The number of benzene rings is 2. The standard InChI is InChI=1S/C16H17BrO/c1-2-5-16(18)15(17)11-12-8-9-13-6-3-4-7-14(13)10-12/h3-4,6-10,15H,2,5,11H2,1H3. The predicted molar refractivity (Wildman–Crippen MR) is 80.3 cm³/mol. The van der Waals surface area contributed by atoms with E-state index in [9.17, 15) is 4.79 Å². The van der Waals surface area contributed by atoms with E-state index in [1.54, 1.807) is 0 Å². The molecule has 0 radical (unpaired) electrons. The summed E-state index contributed by atoms with van der Waals surface area (Å²) in [4.78, 5) is 11.7. The molecular formula is C16H17BrO. The number of ketones is 1. The number of carbonyl (C=O) groups excluding carboxylic acids is 1. The average Bonchev–Trinajstić information content (AvgIpc) is 2.39. The maximum Gasteiger partial charge on any atom is 0.146 e. The van der Waals surface area contributed by atoms with Crippen LogP contribution in [-0.2, 0) is 11.2 Å². The van der Waals surface area contributed by atoms with Gasteiger partial charge in [0.2, 0.25) is 0 Å². The van der Waals surface area contributed by atoms with Crippen LogP contribution in [-0.4, -0.2) is 10.6 Å². The van der Waals surface area contributed by atoms with E-state index in [0.29, 0.717) is 12.2 Å². The van der Waals surface area contributed by atoms with Gasteiger partial charge in [-0.25, -0.2) is 0 Å². The second-order valence-electron chi connectivity index (χ2n) is 4.57. The van der Waals surface area contributed by atoms with Gasteiger partial charge in [0, 0.05) is 6.42 Å². The van der Waals surface area contributed by atoms with Crippen LogP contribution < -0.4 is 0 Å². The average molecular weight is 305 g/mol. The molecule has 0 bridgehead atoms. The van der Waals surface area contributed by atoms with Crippen molar-refractivity contribution in [3.8, 4) is 0 Å². The summed E-state index contributed by atoms with van der Waals surface area (Å²) in [6.07, 6.45) is 2.34. The normalized spacial score (nSPS) is 12.6. The second kappa shape index (κ2) is 6.14. The number of Topliss-reactive ketones (excluding diaryl/α,β-unsaturated/α-hetero) is 1. The molecule has 0 aliphatic carbocycles. The zero-order valence-corrected chi connectivity index (χ0v) is 12.1. The molecule has 18 heavy (non-hydrogen) atoms. The first-order valence-corrected chi connectivity index (χ1v) is 7.26. The van der Waals surface area contributed by atoms with Gasteiger partial charge in [0.1, 0.15) is 5.78 Å². The number of fused-ring (bicyclic) bond motifs is 1. The summed E-state index contributed by atoms with van der Waals surface area (Å²) in [6, 6.07) is 14.7. The van der Waals surface area contributed by atoms with E-state index < -0.39 is 0 Å². The Bertz CT molecular complexity index is 548. The van der Waals surface area contributed by atoms with E-state index in [1.807, 2.05) is 19.1 Å². The first-order valence-electron chi connectivity index (χ1n) is 6.35. The second-order valence-corrected chi connectivity index (χ2v) is 5.67. The van der Waals surface area contributed by atoms with Gasteiger partial charge in [0.05, 0.1) is 4.83 Å². The summed E-state index contributed by atoms with van der Waals surface area (Å²) in [6.45, 7) is 2.04. The van der Waals surface area contributed by atoms with Crippen molar-refractivity contribution in [1.29, 1.82) is 0 Å². The highest BCUT2D eigenvalue weighted by Gasteiger charge is 2.14. The van der Waals surface area contributed by atoms with E-state index in [-0.39, 0.29) is 4.83 Å². The van der Waals surface area contributed by atoms with Crippen LogP contribution >= 0.6 is 15.9 Å². The predicted octanol–water partition coefficient (Wildman–Crippen LogP) is 4.52. The van der Waals surface area contributed by atoms with Crippen molar-refractivity contribution in [3.05, 3.63) is 48.0 Å². The minimum absolute atomic E-state index is 0.0568. The van der Waals surface area contributed by atoms with Crippen molar-refractivity contribution < 1.29 is 4.79 Å². The number of halogens is 1. The number of rotatable bonds is 5. The molecule has 0 saturated carbocycles. The van der Waals surface area contributed by atoms with Crippen LogP contribution in [0.3, 0.4) is 0 Å². The van der Waals surface area contributed by atoms with E-state index in [2.05, 4.69) is 46.3 Å². The summed E-state index contributed by atoms with van der Waals surface area (Å²) in [5.74, 6) is 0.297. The van der Waals surface area contributed by atoms with Crippen LogP contribution in [0.2, 0.25) is 0 Å². The molecule has 0 aliphatic heterocycles. The highest BCUT2D eigenvalue weighted by Crippen LogP contribution is 2.19. The van der Waals surface area contributed by atoms with Crippen LogP contribution in [0.15, 0.2) is 42.5 Å². The van der Waals surface area contributed by atoms with Gasteiger partial charge in [-0.1, -0.05) is 65.3 Å². The Morgan fingerprint density at radius 3 is 2.61 bits per heavy atom. The molecule has 0 N–H and O–H groups in total. The maximum absolute atomic E-state index is 11.8. The molecule has 0 heterocycles. The van der Waals surface area contributed by atoms with Crippen molar-refractivity contribution in [2.75, 3.05) is 0 Å². The molecule has 2 rings (SSSR count). The molecule has 0 spiro atoms. The number of alkyl halides is 1. The summed E-state index contributed by atoms with van der Waals surface area (Å²) < 4.78 is 0. The fourth-order valence-corrected chi connectivity index (χ4v) is 2.69. The number of hydrogen-bond donors (Lipinski definition) is 0. The molecule has 2 aromatic rings. The van der Waals surface area contributed by atoms with Crippen molar-refractivity contribution in [2.45, 2.75) is 31.0 Å². The SMILES string of the molecule is CCCC(=O)C(Br)Cc1ccc2ccccc2c1. The first kappa shape index (κ1) is 13.3. The van der Waals surface area contributed by atoms with Gasteiger partial charge in [-0.05, 0) is 29.2 Å². The van der Waals surface area contributed by atoms with Crippen molar-refractivity contribution >= 4 is 32.5 Å². The lowest BCUT2D eigenvalue weighted by atomic mass is 10.0. The lowest BCUT2D eigenvalue weighted by Gasteiger charge is -2.09. The molecule has 2 heteroatoms. The van der Waals surface area contributed by atoms with Crippen LogP contribution in [0.4, 0.5) is 0 Å². The Labute approximate surface area is 116 Å². The Balaban J connectivity index is 2.14. The lowest BCUT2D eigenvalue weighted by molar-refractivity contribution is -0.118. The fraction of sp³-hybridized carbons (Fsp3) is 0.312. The van der Waals surface area contributed by atoms with Crippen molar-refractivity contribution in [3.63, 3.8) is 0 Å². The van der Waals surface area contributed by atoms with Crippen LogP contribution in [0, 0.1) is 0 Å². The third-order valence-corrected chi connectivity index (χ3v) is 3.91. The highest BCUT2D eigenvalue weighted by atomic mass is 79.9. The third-order valence-electron chi connectivity index (χ3n) is 3.07. The van der Waals surface area contributed by atoms with Crippen LogP contribution in [0.1, 0.15) is 25.3 Å². The Morgan fingerprint density at radius 1 is 1.17 bits per heavy atom. The third kappa shape index (κ3) is 3.20.